The number of halogens is 1. The Morgan fingerprint density at radius 2 is 1.86 bits per heavy atom. The van der Waals surface area contributed by atoms with Crippen LogP contribution in [-0.2, 0) is 19.4 Å². The highest BCUT2D eigenvalue weighted by atomic mass is 19.1. The van der Waals surface area contributed by atoms with E-state index in [0.717, 1.165) is 48.1 Å². The molecule has 0 spiro atoms. The second-order valence-corrected chi connectivity index (χ2v) is 7.65. The van der Waals surface area contributed by atoms with E-state index in [1.54, 1.807) is 12.1 Å². The predicted octanol–water partition coefficient (Wildman–Crippen LogP) is 5.42. The van der Waals surface area contributed by atoms with Crippen LogP contribution in [0.4, 0.5) is 10.1 Å². The zero-order chi connectivity index (χ0) is 19.7. The van der Waals surface area contributed by atoms with Crippen LogP contribution < -0.4 is 5.32 Å². The molecule has 1 aliphatic rings. The number of hydrogen-bond donors (Lipinski definition) is 1. The molecule has 0 atom stereocenters. The molecule has 0 aliphatic heterocycles. The monoisotopic (exact) mass is 376 g/mol. The molecule has 4 rings (SSSR count). The second kappa shape index (κ2) is 7.63. The summed E-state index contributed by atoms with van der Waals surface area (Å²) in [5, 5.41) is 3.05. The Balaban J connectivity index is 1.75. The van der Waals surface area contributed by atoms with Crippen LogP contribution in [0.15, 0.2) is 48.5 Å². The number of aryl methyl sites for hydroxylation is 1. The zero-order valence-corrected chi connectivity index (χ0v) is 16.4. The van der Waals surface area contributed by atoms with Gasteiger partial charge < -0.3 is 9.88 Å². The minimum atomic E-state index is -0.249. The summed E-state index contributed by atoms with van der Waals surface area (Å²) in [6.07, 6.45) is 4.24. The van der Waals surface area contributed by atoms with E-state index in [0.29, 0.717) is 12.2 Å². The first-order valence-electron chi connectivity index (χ1n) is 9.86. The molecule has 0 unspecified atom stereocenters. The molecule has 0 bridgehead atoms. The van der Waals surface area contributed by atoms with Crippen molar-refractivity contribution in [3.63, 3.8) is 0 Å². The standard InChI is InChI=1S/C24H25FN2O/c1-16-7-5-10-20(13-16)26-24(28)23-17(2)21-11-3-4-12-22(21)27(23)15-18-8-6-9-19(25)14-18/h5-10,13-14H,3-4,11-12,15H2,1-2H3,(H,26,28). The molecule has 0 fully saturated rings. The maximum absolute atomic E-state index is 13.7. The van der Waals surface area contributed by atoms with Crippen molar-refractivity contribution in [1.82, 2.24) is 4.57 Å². The Bertz CT molecular complexity index is 1040. The molecule has 4 heteroatoms. The lowest BCUT2D eigenvalue weighted by molar-refractivity contribution is 0.101. The van der Waals surface area contributed by atoms with Crippen LogP contribution in [0.1, 0.15) is 51.3 Å². The summed E-state index contributed by atoms with van der Waals surface area (Å²) in [6, 6.07) is 14.4. The maximum Gasteiger partial charge on any atom is 0.272 e. The minimum Gasteiger partial charge on any atom is -0.336 e. The number of carbonyl (C=O) groups is 1. The van der Waals surface area contributed by atoms with Crippen LogP contribution in [0.2, 0.25) is 0 Å². The Hall–Kier alpha value is -2.88. The van der Waals surface area contributed by atoms with Gasteiger partial charge in [-0.1, -0.05) is 24.3 Å². The highest BCUT2D eigenvalue weighted by Gasteiger charge is 2.26. The molecule has 1 aliphatic carbocycles. The van der Waals surface area contributed by atoms with Gasteiger partial charge in [-0.3, -0.25) is 4.79 Å². The molecule has 3 nitrogen and oxygen atoms in total. The molecule has 1 aromatic heterocycles. The first kappa shape index (κ1) is 18.5. The van der Waals surface area contributed by atoms with Crippen molar-refractivity contribution in [2.45, 2.75) is 46.1 Å². The summed E-state index contributed by atoms with van der Waals surface area (Å²) in [6.45, 7) is 4.55. The molecule has 0 saturated heterocycles. The first-order chi connectivity index (χ1) is 13.5. The van der Waals surface area contributed by atoms with Crippen molar-refractivity contribution in [3.8, 4) is 0 Å². The predicted molar refractivity (Wildman–Crippen MR) is 110 cm³/mol. The molecule has 1 heterocycles. The van der Waals surface area contributed by atoms with Gasteiger partial charge in [0.25, 0.3) is 5.91 Å². The highest BCUT2D eigenvalue weighted by molar-refractivity contribution is 6.04. The second-order valence-electron chi connectivity index (χ2n) is 7.65. The van der Waals surface area contributed by atoms with Gasteiger partial charge in [0.15, 0.2) is 0 Å². The number of fused-ring (bicyclic) bond motifs is 1. The fraction of sp³-hybridized carbons (Fsp3) is 0.292. The van der Waals surface area contributed by atoms with Crippen LogP contribution in [0, 0.1) is 19.7 Å². The molecular weight excluding hydrogens is 351 g/mol. The average Bonchev–Trinajstić information content (AvgIpc) is 2.94. The quantitative estimate of drug-likeness (QED) is 0.648. The number of anilines is 1. The van der Waals surface area contributed by atoms with E-state index in [4.69, 9.17) is 0 Å². The molecule has 0 radical (unpaired) electrons. The van der Waals surface area contributed by atoms with E-state index >= 15 is 0 Å². The van der Waals surface area contributed by atoms with E-state index in [2.05, 4.69) is 9.88 Å². The number of nitrogens with zero attached hydrogens (tertiary/aromatic N) is 1. The zero-order valence-electron chi connectivity index (χ0n) is 16.4. The molecular formula is C24H25FN2O. The summed E-state index contributed by atoms with van der Waals surface area (Å²) < 4.78 is 15.8. The van der Waals surface area contributed by atoms with Crippen LogP contribution in [-0.4, -0.2) is 10.5 Å². The van der Waals surface area contributed by atoms with E-state index in [1.165, 1.54) is 17.3 Å². The molecule has 144 valence electrons. The van der Waals surface area contributed by atoms with Crippen LogP contribution in [0.25, 0.3) is 0 Å². The van der Waals surface area contributed by atoms with Gasteiger partial charge in [0.05, 0.1) is 0 Å². The molecule has 28 heavy (non-hydrogen) atoms. The van der Waals surface area contributed by atoms with Gasteiger partial charge in [0.1, 0.15) is 11.5 Å². The van der Waals surface area contributed by atoms with Gasteiger partial charge in [-0.25, -0.2) is 4.39 Å². The maximum atomic E-state index is 13.7. The lowest BCUT2D eigenvalue weighted by atomic mass is 9.95. The van der Waals surface area contributed by atoms with Crippen molar-refractivity contribution in [2.24, 2.45) is 0 Å². The van der Waals surface area contributed by atoms with Gasteiger partial charge in [-0.15, -0.1) is 0 Å². The third-order valence-corrected chi connectivity index (χ3v) is 5.56. The summed E-state index contributed by atoms with van der Waals surface area (Å²) in [4.78, 5) is 13.2. The average molecular weight is 376 g/mol. The van der Waals surface area contributed by atoms with Crippen molar-refractivity contribution in [2.75, 3.05) is 5.32 Å². The Kier molecular flexibility index (Phi) is 5.03. The third kappa shape index (κ3) is 3.59. The minimum absolute atomic E-state index is 0.103. The number of amides is 1. The number of nitrogens with one attached hydrogen (secondary N) is 1. The number of hydrogen-bond acceptors (Lipinski definition) is 1. The number of rotatable bonds is 4. The van der Waals surface area contributed by atoms with E-state index in [-0.39, 0.29) is 11.7 Å². The van der Waals surface area contributed by atoms with Gasteiger partial charge in [-0.05, 0) is 86.1 Å². The number of carbonyl (C=O) groups excluding carboxylic acids is 1. The van der Waals surface area contributed by atoms with Crippen molar-refractivity contribution >= 4 is 11.6 Å². The largest absolute Gasteiger partial charge is 0.336 e. The fourth-order valence-electron chi connectivity index (χ4n) is 4.27. The van der Waals surface area contributed by atoms with Gasteiger partial charge in [0, 0.05) is 17.9 Å². The fourth-order valence-corrected chi connectivity index (χ4v) is 4.27. The summed E-state index contributed by atoms with van der Waals surface area (Å²) in [7, 11) is 0. The molecule has 0 saturated carbocycles. The van der Waals surface area contributed by atoms with E-state index < -0.39 is 0 Å². The third-order valence-electron chi connectivity index (χ3n) is 5.56. The topological polar surface area (TPSA) is 34.0 Å². The Labute approximate surface area is 165 Å². The normalized spacial score (nSPS) is 13.2. The lowest BCUT2D eigenvalue weighted by Crippen LogP contribution is -2.20. The van der Waals surface area contributed by atoms with Crippen molar-refractivity contribution in [1.29, 1.82) is 0 Å². The molecule has 1 amide bonds. The SMILES string of the molecule is Cc1cccc(NC(=O)c2c(C)c3c(n2Cc2cccc(F)c2)CCCC3)c1. The highest BCUT2D eigenvalue weighted by Crippen LogP contribution is 2.31. The van der Waals surface area contributed by atoms with Crippen LogP contribution in [0.5, 0.6) is 0 Å². The van der Waals surface area contributed by atoms with Gasteiger partial charge in [-0.2, -0.15) is 0 Å². The number of benzene rings is 2. The lowest BCUT2D eigenvalue weighted by Gasteiger charge is -2.17. The van der Waals surface area contributed by atoms with E-state index in [1.807, 2.05) is 44.2 Å². The molecule has 1 N–H and O–H groups in total. The van der Waals surface area contributed by atoms with Gasteiger partial charge in [0.2, 0.25) is 0 Å². The Morgan fingerprint density at radius 3 is 2.64 bits per heavy atom. The summed E-state index contributed by atoms with van der Waals surface area (Å²) in [5.74, 6) is -0.352. The summed E-state index contributed by atoms with van der Waals surface area (Å²) in [5.41, 5.74) is 7.02. The molecule has 3 aromatic rings. The smallest absolute Gasteiger partial charge is 0.272 e. The van der Waals surface area contributed by atoms with Crippen LogP contribution >= 0.6 is 0 Å². The van der Waals surface area contributed by atoms with Crippen molar-refractivity contribution < 1.29 is 9.18 Å². The Morgan fingerprint density at radius 1 is 1.07 bits per heavy atom. The van der Waals surface area contributed by atoms with E-state index in [9.17, 15) is 9.18 Å². The number of aromatic nitrogens is 1. The van der Waals surface area contributed by atoms with Crippen molar-refractivity contribution in [3.05, 3.63) is 88.0 Å². The van der Waals surface area contributed by atoms with Crippen LogP contribution in [0.3, 0.4) is 0 Å². The molecule has 2 aromatic carbocycles. The van der Waals surface area contributed by atoms with Gasteiger partial charge >= 0.3 is 0 Å². The summed E-state index contributed by atoms with van der Waals surface area (Å²) >= 11 is 0. The first-order valence-corrected chi connectivity index (χ1v) is 9.86.